The van der Waals surface area contributed by atoms with Crippen LogP contribution in [-0.4, -0.2) is 43.9 Å². The number of aromatic carboxylic acids is 2. The van der Waals surface area contributed by atoms with Crippen molar-refractivity contribution in [2.24, 2.45) is 11.5 Å². The van der Waals surface area contributed by atoms with Gasteiger partial charge in [-0.3, -0.25) is 19.6 Å². The smallest absolute Gasteiger partial charge is 0.545 e. The van der Waals surface area contributed by atoms with Gasteiger partial charge in [0.15, 0.2) is 0 Å². The van der Waals surface area contributed by atoms with Crippen molar-refractivity contribution in [3.05, 3.63) is 120 Å². The Morgan fingerprint density at radius 1 is 0.564 bits per heavy atom. The number of nitrogens with zero attached hydrogens (tertiary/aromatic N) is 2. The summed E-state index contributed by atoms with van der Waals surface area (Å²) in [6.45, 7) is 0. The molecule has 4 aromatic rings. The number of carbonyl (C=O) groups is 4. The molecule has 196 valence electrons. The molecule has 39 heavy (non-hydrogen) atoms. The van der Waals surface area contributed by atoms with E-state index in [-0.39, 0.29) is 42.1 Å². The number of primary amides is 2. The first-order valence-corrected chi connectivity index (χ1v) is 10.4. The molecule has 6 N–H and O–H groups in total. The number of aromatic nitrogens is 2. The molecule has 0 fully saturated rings. The second-order valence-electron chi connectivity index (χ2n) is 6.88. The molecule has 0 saturated heterocycles. The van der Waals surface area contributed by atoms with Crippen molar-refractivity contribution in [2.75, 3.05) is 0 Å². The van der Waals surface area contributed by atoms with Gasteiger partial charge in [-0.2, -0.15) is 0 Å². The first-order valence-electron chi connectivity index (χ1n) is 10.4. The molecule has 0 aliphatic carbocycles. The van der Waals surface area contributed by atoms with Gasteiger partial charge in [0.25, 0.3) is 0 Å². The molecule has 0 unspecified atom stereocenters. The van der Waals surface area contributed by atoms with Gasteiger partial charge in [-0.25, -0.2) is 0 Å². The van der Waals surface area contributed by atoms with Crippen molar-refractivity contribution in [3.8, 4) is 11.5 Å². The number of phenolic OH excluding ortho intramolecular Hbond substituents is 2. The van der Waals surface area contributed by atoms with Crippen molar-refractivity contribution >= 4 is 23.8 Å². The van der Waals surface area contributed by atoms with E-state index in [0.29, 0.717) is 11.1 Å². The summed E-state index contributed by atoms with van der Waals surface area (Å²) in [7, 11) is 0. The summed E-state index contributed by atoms with van der Waals surface area (Å²) in [5.41, 5.74) is 10.9. The molecule has 0 radical (unpaired) electrons. The Labute approximate surface area is 235 Å². The first kappa shape index (κ1) is 33.8. The van der Waals surface area contributed by atoms with Crippen molar-refractivity contribution in [1.29, 1.82) is 0 Å². The van der Waals surface area contributed by atoms with E-state index < -0.39 is 23.8 Å². The summed E-state index contributed by atoms with van der Waals surface area (Å²) >= 11 is 0. The molecular formula is C26H22N4O8Zn. The summed E-state index contributed by atoms with van der Waals surface area (Å²) in [5, 5.41) is 37.7. The third kappa shape index (κ3) is 14.2. The molecule has 12 nitrogen and oxygen atoms in total. The minimum atomic E-state index is -1.24. The van der Waals surface area contributed by atoms with Gasteiger partial charge in [0.1, 0.15) is 11.5 Å². The normalized spacial score (nSPS) is 8.82. The average Bonchev–Trinajstić information content (AvgIpc) is 2.91. The van der Waals surface area contributed by atoms with Gasteiger partial charge in [-0.15, -0.1) is 0 Å². The van der Waals surface area contributed by atoms with Crippen LogP contribution in [0, 0.1) is 0 Å². The molecule has 0 aliphatic rings. The number of carboxylic acids is 2. The van der Waals surface area contributed by atoms with Crippen LogP contribution in [0.4, 0.5) is 0 Å². The Balaban J connectivity index is 0.000000490. The number of carboxylic acid groups (broad SMARTS) is 2. The maximum absolute atomic E-state index is 10.4. The third-order valence-corrected chi connectivity index (χ3v) is 4.10. The van der Waals surface area contributed by atoms with E-state index in [1.54, 1.807) is 36.7 Å². The summed E-state index contributed by atoms with van der Waals surface area (Å²) in [6.07, 6.45) is 6.05. The number of aromatic hydroxyl groups is 2. The van der Waals surface area contributed by atoms with E-state index in [4.69, 9.17) is 21.7 Å². The SMILES string of the molecule is NC(=O)c1cccnc1.NC(=O)c1cccnc1.O=C([O-])c1ccc(O)cc1.O=C([O-])c1ccc(O)cc1.[Zn+2]. The third-order valence-electron chi connectivity index (χ3n) is 4.10. The summed E-state index contributed by atoms with van der Waals surface area (Å²) in [4.78, 5) is 48.4. The standard InChI is InChI=1S/2C7H6O3.2C6H6N2O.Zn/c2*8-6-3-1-5(2-4-6)7(9)10;2*7-6(9)5-2-1-3-8-4-5;/h2*1-4,8H,(H,9,10);2*1-4H,(H2,7,9);/q;;;;+2/p-2. The molecule has 0 aliphatic heterocycles. The largest absolute Gasteiger partial charge is 2.00 e. The fraction of sp³-hybridized carbons (Fsp3) is 0. The number of nitrogens with two attached hydrogens (primary N) is 2. The van der Waals surface area contributed by atoms with E-state index in [1.807, 2.05) is 0 Å². The number of benzene rings is 2. The van der Waals surface area contributed by atoms with Gasteiger partial charge in [0, 0.05) is 24.8 Å². The Morgan fingerprint density at radius 2 is 0.872 bits per heavy atom. The number of hydrogen-bond donors (Lipinski definition) is 4. The zero-order valence-electron chi connectivity index (χ0n) is 20.3. The molecular weight excluding hydrogens is 562 g/mol. The number of hydrogen-bond acceptors (Lipinski definition) is 10. The number of rotatable bonds is 4. The van der Waals surface area contributed by atoms with E-state index in [1.165, 1.54) is 60.9 Å². The molecule has 13 heteroatoms. The maximum atomic E-state index is 10.4. The molecule has 2 aromatic carbocycles. The summed E-state index contributed by atoms with van der Waals surface area (Å²) in [5.74, 6) is -3.26. The second kappa shape index (κ2) is 18.1. The minimum Gasteiger partial charge on any atom is -0.545 e. The van der Waals surface area contributed by atoms with Crippen LogP contribution < -0.4 is 21.7 Å². The number of carbonyl (C=O) groups excluding carboxylic acids is 4. The molecule has 0 saturated carbocycles. The van der Waals surface area contributed by atoms with E-state index in [2.05, 4.69) is 9.97 Å². The van der Waals surface area contributed by atoms with E-state index in [9.17, 15) is 29.4 Å². The summed E-state index contributed by atoms with van der Waals surface area (Å²) in [6, 6.07) is 16.9. The summed E-state index contributed by atoms with van der Waals surface area (Å²) < 4.78 is 0. The maximum Gasteiger partial charge on any atom is 2.00 e. The number of pyridine rings is 2. The fourth-order valence-corrected chi connectivity index (χ4v) is 2.21. The molecule has 2 heterocycles. The van der Waals surface area contributed by atoms with Crippen LogP contribution in [-0.2, 0) is 19.5 Å². The van der Waals surface area contributed by atoms with Crippen molar-refractivity contribution in [3.63, 3.8) is 0 Å². The van der Waals surface area contributed by atoms with Crippen LogP contribution in [0.2, 0.25) is 0 Å². The zero-order chi connectivity index (χ0) is 28.5. The Kier molecular flexibility index (Phi) is 15.7. The van der Waals surface area contributed by atoms with Crippen molar-refractivity contribution in [1.82, 2.24) is 9.97 Å². The van der Waals surface area contributed by atoms with Crippen molar-refractivity contribution < 1.29 is 59.1 Å². The molecule has 2 amide bonds. The fourth-order valence-electron chi connectivity index (χ4n) is 2.21. The Bertz CT molecular complexity index is 1220. The van der Waals surface area contributed by atoms with Crippen LogP contribution in [0.1, 0.15) is 41.4 Å². The number of amides is 2. The average molecular weight is 584 g/mol. The van der Waals surface area contributed by atoms with Crippen LogP contribution in [0.5, 0.6) is 11.5 Å². The van der Waals surface area contributed by atoms with Gasteiger partial charge in [0.05, 0.1) is 23.1 Å². The van der Waals surface area contributed by atoms with Crippen molar-refractivity contribution in [2.45, 2.75) is 0 Å². The quantitative estimate of drug-likeness (QED) is 0.232. The molecule has 0 spiro atoms. The zero-order valence-corrected chi connectivity index (χ0v) is 23.3. The Hall–Kier alpha value is -5.16. The predicted octanol–water partition coefficient (Wildman–Crippen LogP) is -0.130. The predicted molar refractivity (Wildman–Crippen MR) is 130 cm³/mol. The molecule has 0 bridgehead atoms. The van der Waals surface area contributed by atoms with Gasteiger partial charge in [-0.1, -0.05) is 0 Å². The van der Waals surface area contributed by atoms with Gasteiger partial charge in [-0.05, 0) is 83.9 Å². The van der Waals surface area contributed by atoms with Crippen LogP contribution in [0.3, 0.4) is 0 Å². The Morgan fingerprint density at radius 3 is 1.05 bits per heavy atom. The van der Waals surface area contributed by atoms with Crippen LogP contribution in [0.15, 0.2) is 97.6 Å². The molecule has 0 atom stereocenters. The molecule has 2 aromatic heterocycles. The van der Waals surface area contributed by atoms with Crippen LogP contribution >= 0.6 is 0 Å². The first-order chi connectivity index (χ1) is 18.0. The minimum absolute atomic E-state index is 0. The van der Waals surface area contributed by atoms with Gasteiger partial charge >= 0.3 is 19.5 Å². The van der Waals surface area contributed by atoms with Gasteiger partial charge < -0.3 is 41.5 Å². The second-order valence-corrected chi connectivity index (χ2v) is 6.88. The van der Waals surface area contributed by atoms with E-state index >= 15 is 0 Å². The van der Waals surface area contributed by atoms with Crippen LogP contribution in [0.25, 0.3) is 0 Å². The molecule has 4 rings (SSSR count). The van der Waals surface area contributed by atoms with E-state index in [0.717, 1.165) is 0 Å². The van der Waals surface area contributed by atoms with Gasteiger partial charge in [0.2, 0.25) is 11.8 Å². The monoisotopic (exact) mass is 582 g/mol. The topological polar surface area (TPSA) is 233 Å². The number of phenols is 2.